The van der Waals surface area contributed by atoms with E-state index in [1.165, 1.54) is 23.1 Å². The van der Waals surface area contributed by atoms with Gasteiger partial charge < -0.3 is 15.0 Å². The van der Waals surface area contributed by atoms with E-state index >= 15 is 0 Å². The maximum Gasteiger partial charge on any atom is 0.264 e. The lowest BCUT2D eigenvalue weighted by Gasteiger charge is -2.32. The highest BCUT2D eigenvalue weighted by Crippen LogP contribution is 2.27. The average Bonchev–Trinajstić information content (AvgIpc) is 2.93. The fourth-order valence-electron chi connectivity index (χ4n) is 3.96. The number of anilines is 1. The largest absolute Gasteiger partial charge is 0.497 e. The molecule has 0 heterocycles. The van der Waals surface area contributed by atoms with Crippen molar-refractivity contribution in [3.05, 3.63) is 88.9 Å². The molecule has 214 valence electrons. The smallest absolute Gasteiger partial charge is 0.264 e. The molecule has 0 radical (unpaired) electrons. The number of hydrogen-bond acceptors (Lipinski definition) is 5. The number of ether oxygens (including phenoxy) is 1. The van der Waals surface area contributed by atoms with E-state index < -0.39 is 28.5 Å². The summed E-state index contributed by atoms with van der Waals surface area (Å²) >= 11 is 6.21. The van der Waals surface area contributed by atoms with Crippen LogP contribution in [0.15, 0.2) is 77.7 Å². The molecule has 1 N–H and O–H groups in total. The number of amides is 2. The molecule has 0 aromatic heterocycles. The summed E-state index contributed by atoms with van der Waals surface area (Å²) < 4.78 is 33.9. The van der Waals surface area contributed by atoms with E-state index in [0.29, 0.717) is 17.3 Å². The third kappa shape index (κ3) is 7.99. The first-order valence-corrected chi connectivity index (χ1v) is 14.8. The summed E-state index contributed by atoms with van der Waals surface area (Å²) in [7, 11) is -2.59. The van der Waals surface area contributed by atoms with Crippen molar-refractivity contribution in [1.82, 2.24) is 10.2 Å². The monoisotopic (exact) mass is 585 g/mol. The van der Waals surface area contributed by atoms with E-state index in [0.717, 1.165) is 15.4 Å². The van der Waals surface area contributed by atoms with E-state index in [4.69, 9.17) is 16.3 Å². The van der Waals surface area contributed by atoms with Crippen LogP contribution in [-0.4, -0.2) is 51.4 Å². The molecule has 0 aliphatic carbocycles. The van der Waals surface area contributed by atoms with Gasteiger partial charge >= 0.3 is 0 Å². The number of methoxy groups -OCH3 is 1. The van der Waals surface area contributed by atoms with Crippen LogP contribution in [0.1, 0.15) is 31.9 Å². The lowest BCUT2D eigenvalue weighted by molar-refractivity contribution is -0.139. The lowest BCUT2D eigenvalue weighted by Crippen LogP contribution is -2.51. The molecule has 3 rings (SSSR count). The standard InChI is InChI=1S/C30H36ClN3O5S/c1-21(2)18-32-30(36)23(4)33(19-24-11-13-27(39-5)14-12-24)29(35)20-34(26-8-6-7-25(31)17-26)40(37,38)28-15-9-22(3)10-16-28/h6-17,21,23H,18-20H2,1-5H3,(H,32,36)/t23-/m1/s1. The molecule has 2 amide bonds. The number of sulfonamides is 1. The predicted octanol–water partition coefficient (Wildman–Crippen LogP) is 5.04. The van der Waals surface area contributed by atoms with Gasteiger partial charge in [-0.15, -0.1) is 0 Å². The van der Waals surface area contributed by atoms with E-state index in [1.54, 1.807) is 68.6 Å². The Hall–Kier alpha value is -3.56. The van der Waals surface area contributed by atoms with Crippen molar-refractivity contribution in [1.29, 1.82) is 0 Å². The number of hydrogen-bond donors (Lipinski definition) is 1. The zero-order valence-electron chi connectivity index (χ0n) is 23.4. The fraction of sp³-hybridized carbons (Fsp3) is 0.333. The minimum absolute atomic E-state index is 0.0373. The van der Waals surface area contributed by atoms with Crippen molar-refractivity contribution in [3.63, 3.8) is 0 Å². The van der Waals surface area contributed by atoms with Crippen LogP contribution in [0.3, 0.4) is 0 Å². The second-order valence-electron chi connectivity index (χ2n) is 9.99. The molecule has 0 saturated carbocycles. The van der Waals surface area contributed by atoms with Gasteiger partial charge in [-0.3, -0.25) is 13.9 Å². The number of rotatable bonds is 12. The summed E-state index contributed by atoms with van der Waals surface area (Å²) in [6.07, 6.45) is 0. The Morgan fingerprint density at radius 1 is 0.975 bits per heavy atom. The fourth-order valence-corrected chi connectivity index (χ4v) is 5.55. The minimum atomic E-state index is -4.16. The van der Waals surface area contributed by atoms with E-state index in [2.05, 4.69) is 5.32 Å². The van der Waals surface area contributed by atoms with Gasteiger partial charge in [-0.1, -0.05) is 61.3 Å². The Morgan fingerprint density at radius 3 is 2.20 bits per heavy atom. The van der Waals surface area contributed by atoms with Crippen LogP contribution >= 0.6 is 11.6 Å². The van der Waals surface area contributed by atoms with Crippen molar-refractivity contribution in [2.45, 2.75) is 45.2 Å². The van der Waals surface area contributed by atoms with Crippen molar-refractivity contribution in [2.75, 3.05) is 24.5 Å². The first-order chi connectivity index (χ1) is 18.9. The molecule has 40 heavy (non-hydrogen) atoms. The van der Waals surface area contributed by atoms with E-state index in [-0.39, 0.29) is 29.0 Å². The highest BCUT2D eigenvalue weighted by atomic mass is 35.5. The van der Waals surface area contributed by atoms with E-state index in [9.17, 15) is 18.0 Å². The number of carbonyl (C=O) groups is 2. The van der Waals surface area contributed by atoms with Gasteiger partial charge in [0.15, 0.2) is 0 Å². The Bertz CT molecular complexity index is 1410. The van der Waals surface area contributed by atoms with Crippen LogP contribution in [-0.2, 0) is 26.2 Å². The van der Waals surface area contributed by atoms with Crippen LogP contribution < -0.4 is 14.4 Å². The second kappa shape index (κ2) is 13.7. The molecular formula is C30H36ClN3O5S. The van der Waals surface area contributed by atoms with Crippen LogP contribution in [0.5, 0.6) is 5.75 Å². The molecule has 0 spiro atoms. The van der Waals surface area contributed by atoms with Gasteiger partial charge in [0.25, 0.3) is 10.0 Å². The molecule has 3 aromatic rings. The van der Waals surface area contributed by atoms with Gasteiger partial charge in [-0.05, 0) is 67.8 Å². The zero-order chi connectivity index (χ0) is 29.4. The Morgan fingerprint density at radius 2 is 1.62 bits per heavy atom. The van der Waals surface area contributed by atoms with Gasteiger partial charge in [-0.25, -0.2) is 8.42 Å². The first kappa shape index (κ1) is 31.0. The third-order valence-electron chi connectivity index (χ3n) is 6.35. The van der Waals surface area contributed by atoms with Crippen LogP contribution in [0.2, 0.25) is 5.02 Å². The molecule has 8 nitrogen and oxygen atoms in total. The molecule has 0 bridgehead atoms. The number of nitrogens with zero attached hydrogens (tertiary/aromatic N) is 2. The molecule has 0 fully saturated rings. The number of halogens is 1. The highest BCUT2D eigenvalue weighted by molar-refractivity contribution is 7.92. The minimum Gasteiger partial charge on any atom is -0.497 e. The molecule has 1 atom stereocenters. The SMILES string of the molecule is COc1ccc(CN(C(=O)CN(c2cccc(Cl)c2)S(=O)(=O)c2ccc(C)cc2)[C@H](C)C(=O)NCC(C)C)cc1. The average molecular weight is 586 g/mol. The van der Waals surface area contributed by atoms with Gasteiger partial charge in [0.05, 0.1) is 17.7 Å². The van der Waals surface area contributed by atoms with E-state index in [1.807, 2.05) is 20.8 Å². The molecule has 0 saturated heterocycles. The maximum atomic E-state index is 13.9. The first-order valence-electron chi connectivity index (χ1n) is 13.0. The molecule has 10 heteroatoms. The number of carbonyl (C=O) groups excluding carboxylic acids is 2. The molecule has 0 unspecified atom stereocenters. The second-order valence-corrected chi connectivity index (χ2v) is 12.3. The summed E-state index contributed by atoms with van der Waals surface area (Å²) in [4.78, 5) is 28.4. The van der Waals surface area contributed by atoms with Gasteiger partial charge in [0.2, 0.25) is 11.8 Å². The Kier molecular flexibility index (Phi) is 10.6. The highest BCUT2D eigenvalue weighted by Gasteiger charge is 2.32. The van der Waals surface area contributed by atoms with Crippen LogP contribution in [0, 0.1) is 12.8 Å². The van der Waals surface area contributed by atoms with Crippen molar-refractivity contribution >= 4 is 39.1 Å². The van der Waals surface area contributed by atoms with Crippen molar-refractivity contribution in [3.8, 4) is 5.75 Å². The summed E-state index contributed by atoms with van der Waals surface area (Å²) in [6.45, 7) is 7.45. The summed E-state index contributed by atoms with van der Waals surface area (Å²) in [5.41, 5.74) is 1.90. The normalized spacial score (nSPS) is 12.1. The Labute approximate surface area is 241 Å². The topological polar surface area (TPSA) is 96.0 Å². The summed E-state index contributed by atoms with van der Waals surface area (Å²) in [6, 6.07) is 19.0. The number of aryl methyl sites for hydroxylation is 1. The molecule has 0 aliphatic heterocycles. The number of benzene rings is 3. The van der Waals surface area contributed by atoms with Gasteiger partial charge in [-0.2, -0.15) is 0 Å². The maximum absolute atomic E-state index is 13.9. The third-order valence-corrected chi connectivity index (χ3v) is 8.37. The van der Waals surface area contributed by atoms with Crippen molar-refractivity contribution in [2.24, 2.45) is 5.92 Å². The quantitative estimate of drug-likeness (QED) is 0.321. The van der Waals surface area contributed by atoms with Crippen molar-refractivity contribution < 1.29 is 22.7 Å². The van der Waals surface area contributed by atoms with Crippen LogP contribution in [0.4, 0.5) is 5.69 Å². The van der Waals surface area contributed by atoms with Gasteiger partial charge in [0, 0.05) is 18.1 Å². The van der Waals surface area contributed by atoms with Crippen LogP contribution in [0.25, 0.3) is 0 Å². The summed E-state index contributed by atoms with van der Waals surface area (Å²) in [5.74, 6) is 0.00507. The number of nitrogens with one attached hydrogen (secondary N) is 1. The molecule has 3 aromatic carbocycles. The molecule has 0 aliphatic rings. The zero-order valence-corrected chi connectivity index (χ0v) is 25.0. The molecular weight excluding hydrogens is 550 g/mol. The predicted molar refractivity (Wildman–Crippen MR) is 158 cm³/mol. The lowest BCUT2D eigenvalue weighted by atomic mass is 10.1. The summed E-state index contributed by atoms with van der Waals surface area (Å²) in [5, 5.41) is 3.20. The Balaban J connectivity index is 2.00. The van der Waals surface area contributed by atoms with Gasteiger partial charge in [0.1, 0.15) is 18.3 Å².